The van der Waals surface area contributed by atoms with Crippen LogP contribution in [0.4, 0.5) is 11.6 Å². The van der Waals surface area contributed by atoms with Gasteiger partial charge in [-0.2, -0.15) is 0 Å². The van der Waals surface area contributed by atoms with Crippen LogP contribution in [-0.2, 0) is 0 Å². The second-order valence-corrected chi connectivity index (χ2v) is 3.07. The van der Waals surface area contributed by atoms with E-state index in [1.165, 1.54) is 0 Å². The summed E-state index contributed by atoms with van der Waals surface area (Å²) >= 11 is 0. The van der Waals surface area contributed by atoms with Gasteiger partial charge in [0.25, 0.3) is 0 Å². The first-order chi connectivity index (χ1) is 6.36. The monoisotopic (exact) mass is 176 g/mol. The molecule has 0 bridgehead atoms. The number of nitrogens with two attached hydrogens (primary N) is 1. The minimum absolute atomic E-state index is 0.430. The van der Waals surface area contributed by atoms with Crippen molar-refractivity contribution >= 4 is 11.6 Å². The predicted octanol–water partition coefficient (Wildman–Crippen LogP) is 1.19. The summed E-state index contributed by atoms with van der Waals surface area (Å²) in [6.07, 6.45) is 9.62. The molecule has 1 heterocycles. The summed E-state index contributed by atoms with van der Waals surface area (Å²) in [4.78, 5) is 8.07. The fraction of sp³-hybridized carbons (Fsp3) is 0.333. The average Bonchev–Trinajstić information content (AvgIpc) is 2.61. The van der Waals surface area contributed by atoms with Gasteiger partial charge in [-0.1, -0.05) is 12.2 Å². The van der Waals surface area contributed by atoms with Crippen molar-refractivity contribution in [3.63, 3.8) is 0 Å². The molecule has 0 fully saturated rings. The fourth-order valence-corrected chi connectivity index (χ4v) is 1.39. The first kappa shape index (κ1) is 8.04. The number of anilines is 2. The van der Waals surface area contributed by atoms with Crippen molar-refractivity contribution < 1.29 is 0 Å². The molecule has 1 aromatic heterocycles. The third kappa shape index (κ3) is 1.77. The van der Waals surface area contributed by atoms with Crippen LogP contribution < -0.4 is 11.1 Å². The molecule has 0 amide bonds. The quantitative estimate of drug-likeness (QED) is 0.664. The van der Waals surface area contributed by atoms with E-state index < -0.39 is 0 Å². The Bertz CT molecular complexity index is 313. The highest BCUT2D eigenvalue weighted by Gasteiger charge is 2.11. The number of aromatic nitrogens is 2. The lowest BCUT2D eigenvalue weighted by atomic mass is 10.2. The zero-order valence-electron chi connectivity index (χ0n) is 7.27. The van der Waals surface area contributed by atoms with Crippen LogP contribution in [-0.4, -0.2) is 16.0 Å². The molecule has 0 radical (unpaired) electrons. The third-order valence-corrected chi connectivity index (χ3v) is 2.08. The average molecular weight is 176 g/mol. The lowest BCUT2D eigenvalue weighted by Gasteiger charge is -2.12. The highest BCUT2D eigenvalue weighted by Crippen LogP contribution is 2.17. The number of rotatable bonds is 2. The maximum Gasteiger partial charge on any atom is 0.169 e. The van der Waals surface area contributed by atoms with E-state index in [2.05, 4.69) is 27.4 Å². The van der Waals surface area contributed by atoms with E-state index >= 15 is 0 Å². The van der Waals surface area contributed by atoms with Crippen LogP contribution in [0, 0.1) is 0 Å². The van der Waals surface area contributed by atoms with Crippen molar-refractivity contribution in [2.45, 2.75) is 18.9 Å². The molecule has 0 saturated carbocycles. The predicted molar refractivity (Wildman–Crippen MR) is 52.2 cm³/mol. The molecule has 1 aliphatic rings. The molecule has 0 atom stereocenters. The Labute approximate surface area is 76.9 Å². The van der Waals surface area contributed by atoms with Gasteiger partial charge in [-0.15, -0.1) is 0 Å². The first-order valence-electron chi connectivity index (χ1n) is 4.34. The Morgan fingerprint density at radius 2 is 1.92 bits per heavy atom. The van der Waals surface area contributed by atoms with E-state index in [0.717, 1.165) is 12.8 Å². The summed E-state index contributed by atoms with van der Waals surface area (Å²) in [5.74, 6) is 1.16. The number of hydrogen-bond acceptors (Lipinski definition) is 4. The van der Waals surface area contributed by atoms with Crippen LogP contribution in [0.25, 0.3) is 0 Å². The van der Waals surface area contributed by atoms with Crippen molar-refractivity contribution in [1.82, 2.24) is 9.97 Å². The zero-order valence-corrected chi connectivity index (χ0v) is 7.27. The standard InChI is InChI=1S/C9H12N4/c10-8-9(12-6-5-11-8)13-7-3-1-2-4-7/h1-2,5-7H,3-4H2,(H2,10,11)(H,12,13). The van der Waals surface area contributed by atoms with Gasteiger partial charge in [0.1, 0.15) is 0 Å². The molecule has 4 heteroatoms. The largest absolute Gasteiger partial charge is 0.381 e. The summed E-state index contributed by atoms with van der Waals surface area (Å²) in [6, 6.07) is 0.430. The lowest BCUT2D eigenvalue weighted by Crippen LogP contribution is -2.17. The van der Waals surface area contributed by atoms with E-state index in [1.54, 1.807) is 12.4 Å². The minimum atomic E-state index is 0.430. The summed E-state index contributed by atoms with van der Waals surface area (Å²) in [5, 5.41) is 3.25. The molecular weight excluding hydrogens is 164 g/mol. The van der Waals surface area contributed by atoms with E-state index in [4.69, 9.17) is 5.73 Å². The second-order valence-electron chi connectivity index (χ2n) is 3.07. The van der Waals surface area contributed by atoms with Crippen LogP contribution in [0.2, 0.25) is 0 Å². The van der Waals surface area contributed by atoms with Gasteiger partial charge in [0.05, 0.1) is 0 Å². The normalized spacial score (nSPS) is 16.3. The van der Waals surface area contributed by atoms with Gasteiger partial charge in [0.2, 0.25) is 0 Å². The van der Waals surface area contributed by atoms with Gasteiger partial charge < -0.3 is 11.1 Å². The van der Waals surface area contributed by atoms with Gasteiger partial charge in [0.15, 0.2) is 11.6 Å². The van der Waals surface area contributed by atoms with E-state index in [0.29, 0.717) is 17.7 Å². The van der Waals surface area contributed by atoms with Crippen LogP contribution in [0.3, 0.4) is 0 Å². The highest BCUT2D eigenvalue weighted by atomic mass is 15.1. The molecule has 0 aliphatic heterocycles. The van der Waals surface area contributed by atoms with Crippen molar-refractivity contribution in [3.05, 3.63) is 24.5 Å². The number of hydrogen-bond donors (Lipinski definition) is 2. The van der Waals surface area contributed by atoms with Crippen LogP contribution >= 0.6 is 0 Å². The van der Waals surface area contributed by atoms with E-state index in [-0.39, 0.29) is 0 Å². The number of nitrogens with zero attached hydrogens (tertiary/aromatic N) is 2. The van der Waals surface area contributed by atoms with Gasteiger partial charge >= 0.3 is 0 Å². The summed E-state index contributed by atoms with van der Waals surface area (Å²) in [5.41, 5.74) is 5.64. The molecule has 4 nitrogen and oxygen atoms in total. The fourth-order valence-electron chi connectivity index (χ4n) is 1.39. The molecular formula is C9H12N4. The first-order valence-corrected chi connectivity index (χ1v) is 4.34. The minimum Gasteiger partial charge on any atom is -0.381 e. The van der Waals surface area contributed by atoms with Crippen molar-refractivity contribution in [2.24, 2.45) is 0 Å². The Balaban J connectivity index is 2.05. The molecule has 1 aliphatic carbocycles. The van der Waals surface area contributed by atoms with Crippen molar-refractivity contribution in [2.75, 3.05) is 11.1 Å². The SMILES string of the molecule is Nc1nccnc1NC1CC=CC1. The van der Waals surface area contributed by atoms with Gasteiger partial charge in [-0.3, -0.25) is 0 Å². The molecule has 2 rings (SSSR count). The van der Waals surface area contributed by atoms with E-state index in [9.17, 15) is 0 Å². The molecule has 1 aromatic rings. The van der Waals surface area contributed by atoms with Gasteiger partial charge in [-0.25, -0.2) is 9.97 Å². The molecule has 3 N–H and O–H groups in total. The summed E-state index contributed by atoms with van der Waals surface area (Å²) in [6.45, 7) is 0. The molecule has 0 aromatic carbocycles. The van der Waals surface area contributed by atoms with Crippen molar-refractivity contribution in [3.8, 4) is 0 Å². The topological polar surface area (TPSA) is 63.8 Å². The second kappa shape index (κ2) is 3.43. The highest BCUT2D eigenvalue weighted by molar-refractivity contribution is 5.55. The Morgan fingerprint density at radius 3 is 2.62 bits per heavy atom. The Morgan fingerprint density at radius 1 is 1.23 bits per heavy atom. The Hall–Kier alpha value is -1.58. The van der Waals surface area contributed by atoms with Gasteiger partial charge in [0, 0.05) is 18.4 Å². The zero-order chi connectivity index (χ0) is 9.10. The molecule has 68 valence electrons. The van der Waals surface area contributed by atoms with Gasteiger partial charge in [-0.05, 0) is 12.8 Å². The maximum absolute atomic E-state index is 5.64. The smallest absolute Gasteiger partial charge is 0.169 e. The van der Waals surface area contributed by atoms with Crippen LogP contribution in [0.1, 0.15) is 12.8 Å². The lowest BCUT2D eigenvalue weighted by molar-refractivity contribution is 0.780. The summed E-state index contributed by atoms with van der Waals surface area (Å²) < 4.78 is 0. The molecule has 0 unspecified atom stereocenters. The Kier molecular flexibility index (Phi) is 2.12. The molecule has 0 saturated heterocycles. The third-order valence-electron chi connectivity index (χ3n) is 2.08. The van der Waals surface area contributed by atoms with E-state index in [1.807, 2.05) is 0 Å². The number of nitrogens with one attached hydrogen (secondary N) is 1. The van der Waals surface area contributed by atoms with Crippen molar-refractivity contribution in [1.29, 1.82) is 0 Å². The summed E-state index contributed by atoms with van der Waals surface area (Å²) in [7, 11) is 0. The van der Waals surface area contributed by atoms with Crippen LogP contribution in [0.5, 0.6) is 0 Å². The molecule has 13 heavy (non-hydrogen) atoms. The van der Waals surface area contributed by atoms with Crippen LogP contribution in [0.15, 0.2) is 24.5 Å². The maximum atomic E-state index is 5.64. The number of nitrogen functional groups attached to an aromatic ring is 1. The molecule has 0 spiro atoms.